The van der Waals surface area contributed by atoms with E-state index in [2.05, 4.69) is 6.92 Å². The monoisotopic (exact) mass is 528 g/mol. The summed E-state index contributed by atoms with van der Waals surface area (Å²) in [5, 5.41) is 11.4. The zero-order valence-corrected chi connectivity index (χ0v) is 22.8. The Morgan fingerprint density at radius 2 is 1.67 bits per heavy atom. The van der Waals surface area contributed by atoms with Gasteiger partial charge in [0.1, 0.15) is 23.9 Å². The molecule has 0 saturated carbocycles. The Kier molecular flexibility index (Phi) is 9.39. The van der Waals surface area contributed by atoms with Crippen LogP contribution in [-0.4, -0.2) is 60.4 Å². The van der Waals surface area contributed by atoms with Crippen LogP contribution in [0, 0.1) is 0 Å². The quantitative estimate of drug-likeness (QED) is 0.146. The van der Waals surface area contributed by atoms with Crippen molar-refractivity contribution in [3.63, 3.8) is 0 Å². The molecule has 1 N–H and O–H groups in total. The van der Waals surface area contributed by atoms with E-state index in [1.54, 1.807) is 18.2 Å². The molecule has 1 atom stereocenters. The molecule has 3 aromatic carbocycles. The van der Waals surface area contributed by atoms with E-state index in [1.165, 1.54) is 4.90 Å². The van der Waals surface area contributed by atoms with Gasteiger partial charge in [-0.15, -0.1) is 0 Å². The van der Waals surface area contributed by atoms with Crippen molar-refractivity contribution in [2.45, 2.75) is 32.4 Å². The van der Waals surface area contributed by atoms with Crippen molar-refractivity contribution in [2.24, 2.45) is 0 Å². The van der Waals surface area contributed by atoms with Crippen LogP contribution >= 0.6 is 0 Å². The van der Waals surface area contributed by atoms with Crippen LogP contribution in [0.3, 0.4) is 0 Å². The maximum Gasteiger partial charge on any atom is 0.295 e. The Hall–Kier alpha value is -4.10. The maximum atomic E-state index is 13.3. The topological polar surface area (TPSA) is 79.3 Å². The molecular weight excluding hydrogens is 492 g/mol. The molecule has 1 unspecified atom stereocenters. The molecule has 204 valence electrons. The summed E-state index contributed by atoms with van der Waals surface area (Å²) in [6.07, 6.45) is 1.92. The van der Waals surface area contributed by atoms with Crippen LogP contribution in [0.4, 0.5) is 0 Å². The van der Waals surface area contributed by atoms with Crippen molar-refractivity contribution >= 4 is 17.4 Å². The Labute approximate surface area is 230 Å². The van der Waals surface area contributed by atoms with Crippen molar-refractivity contribution < 1.29 is 24.2 Å². The largest absolute Gasteiger partial charge is 0.507 e. The number of hydrogen-bond acceptors (Lipinski definition) is 6. The number of ketones is 1. The van der Waals surface area contributed by atoms with Crippen LogP contribution < -0.4 is 9.47 Å². The second kappa shape index (κ2) is 13.1. The van der Waals surface area contributed by atoms with E-state index < -0.39 is 17.7 Å². The van der Waals surface area contributed by atoms with Crippen molar-refractivity contribution in [1.29, 1.82) is 0 Å². The van der Waals surface area contributed by atoms with Gasteiger partial charge in [-0.25, -0.2) is 0 Å². The minimum Gasteiger partial charge on any atom is -0.507 e. The fourth-order valence-corrected chi connectivity index (χ4v) is 4.48. The first kappa shape index (κ1) is 27.9. The highest BCUT2D eigenvalue weighted by Gasteiger charge is 2.45. The minimum absolute atomic E-state index is 0.0717. The van der Waals surface area contributed by atoms with Gasteiger partial charge in [-0.05, 0) is 55.9 Å². The summed E-state index contributed by atoms with van der Waals surface area (Å²) in [5.74, 6) is -0.257. The van der Waals surface area contributed by atoms with Gasteiger partial charge in [0.25, 0.3) is 11.7 Å². The van der Waals surface area contributed by atoms with Crippen LogP contribution in [0.15, 0.2) is 84.4 Å². The van der Waals surface area contributed by atoms with Crippen LogP contribution in [-0.2, 0) is 16.2 Å². The number of amides is 1. The smallest absolute Gasteiger partial charge is 0.295 e. The molecule has 7 heteroatoms. The summed E-state index contributed by atoms with van der Waals surface area (Å²) in [4.78, 5) is 30.0. The molecule has 0 aromatic heterocycles. The molecule has 1 fully saturated rings. The number of ether oxygens (including phenoxy) is 2. The molecule has 0 aliphatic carbocycles. The van der Waals surface area contributed by atoms with E-state index in [4.69, 9.17) is 9.47 Å². The summed E-state index contributed by atoms with van der Waals surface area (Å²) < 4.78 is 11.7. The second-order valence-corrected chi connectivity index (χ2v) is 9.87. The lowest BCUT2D eigenvalue weighted by Crippen LogP contribution is -2.35. The Bertz CT molecular complexity index is 1300. The Balaban J connectivity index is 1.66. The summed E-state index contributed by atoms with van der Waals surface area (Å²) >= 11 is 0. The van der Waals surface area contributed by atoms with Gasteiger partial charge in [0.2, 0.25) is 0 Å². The number of rotatable bonds is 12. The Morgan fingerprint density at radius 3 is 2.36 bits per heavy atom. The summed E-state index contributed by atoms with van der Waals surface area (Å²) in [7, 11) is 3.82. The standard InChI is InChI=1S/C32H36N2O5/c1-4-5-20-38-27-13-9-12-25(21-27)30(35)28-29(34(19-18-33(2)3)32(37)31(28)36)24-14-16-26(17-15-24)39-22-23-10-7-6-8-11-23/h6-17,21,29,35H,4-5,18-20,22H2,1-3H3/b30-28+. The first-order valence-corrected chi connectivity index (χ1v) is 13.3. The van der Waals surface area contributed by atoms with Crippen molar-refractivity contribution in [3.05, 3.63) is 101 Å². The highest BCUT2D eigenvalue weighted by atomic mass is 16.5. The summed E-state index contributed by atoms with van der Waals surface area (Å²) in [6.45, 7) is 3.99. The van der Waals surface area contributed by atoms with Gasteiger partial charge in [-0.3, -0.25) is 9.59 Å². The average Bonchev–Trinajstić information content (AvgIpc) is 3.20. The lowest BCUT2D eigenvalue weighted by atomic mass is 9.95. The van der Waals surface area contributed by atoms with Crippen molar-refractivity contribution in [2.75, 3.05) is 33.8 Å². The number of nitrogens with zero attached hydrogens (tertiary/aromatic N) is 2. The number of benzene rings is 3. The van der Waals surface area contributed by atoms with E-state index in [9.17, 15) is 14.7 Å². The molecule has 1 saturated heterocycles. The van der Waals surface area contributed by atoms with E-state index in [-0.39, 0.29) is 11.3 Å². The van der Waals surface area contributed by atoms with Gasteiger partial charge in [0.15, 0.2) is 0 Å². The average molecular weight is 529 g/mol. The van der Waals surface area contributed by atoms with Crippen molar-refractivity contribution in [1.82, 2.24) is 9.80 Å². The summed E-state index contributed by atoms with van der Waals surface area (Å²) in [5.41, 5.74) is 2.28. The number of hydrogen-bond donors (Lipinski definition) is 1. The number of unbranched alkanes of at least 4 members (excludes halogenated alkanes) is 1. The van der Waals surface area contributed by atoms with Gasteiger partial charge >= 0.3 is 0 Å². The molecule has 0 bridgehead atoms. The zero-order valence-electron chi connectivity index (χ0n) is 22.8. The van der Waals surface area contributed by atoms with Gasteiger partial charge < -0.3 is 24.4 Å². The number of Topliss-reactive ketones (excluding diaryl/α,β-unsaturated/α-hetero) is 1. The minimum atomic E-state index is -0.724. The molecule has 7 nitrogen and oxygen atoms in total. The molecule has 1 heterocycles. The SMILES string of the molecule is CCCCOc1cccc(/C(O)=C2\C(=O)C(=O)N(CCN(C)C)C2c2ccc(OCc3ccccc3)cc2)c1. The lowest BCUT2D eigenvalue weighted by molar-refractivity contribution is -0.140. The van der Waals surface area contributed by atoms with Gasteiger partial charge in [-0.1, -0.05) is 67.9 Å². The highest BCUT2D eigenvalue weighted by Crippen LogP contribution is 2.40. The predicted molar refractivity (Wildman–Crippen MR) is 152 cm³/mol. The highest BCUT2D eigenvalue weighted by molar-refractivity contribution is 6.46. The van der Waals surface area contributed by atoms with Crippen LogP contribution in [0.2, 0.25) is 0 Å². The molecule has 0 radical (unpaired) electrons. The zero-order chi connectivity index (χ0) is 27.8. The number of likely N-dealkylation sites (N-methyl/N-ethyl adjacent to an activating group) is 1. The molecule has 1 aliphatic heterocycles. The number of carbonyl (C=O) groups excluding carboxylic acids is 2. The molecular formula is C32H36N2O5. The Morgan fingerprint density at radius 1 is 0.923 bits per heavy atom. The van der Waals surface area contributed by atoms with Crippen LogP contribution in [0.25, 0.3) is 5.76 Å². The summed E-state index contributed by atoms with van der Waals surface area (Å²) in [6, 6.07) is 23.5. The third-order valence-corrected chi connectivity index (χ3v) is 6.65. The third kappa shape index (κ3) is 6.86. The molecule has 4 rings (SSSR count). The van der Waals surface area contributed by atoms with Gasteiger partial charge in [0, 0.05) is 18.7 Å². The normalized spacial score (nSPS) is 16.6. The maximum absolute atomic E-state index is 13.3. The first-order chi connectivity index (χ1) is 18.9. The van der Waals surface area contributed by atoms with E-state index in [0.717, 1.165) is 24.0 Å². The molecule has 1 aliphatic rings. The fraction of sp³-hybridized carbons (Fsp3) is 0.312. The number of aliphatic hydroxyl groups excluding tert-OH is 1. The van der Waals surface area contributed by atoms with Gasteiger partial charge in [-0.2, -0.15) is 0 Å². The van der Waals surface area contributed by atoms with E-state index in [0.29, 0.717) is 43.4 Å². The molecule has 1 amide bonds. The second-order valence-electron chi connectivity index (χ2n) is 9.87. The van der Waals surface area contributed by atoms with E-state index >= 15 is 0 Å². The molecule has 39 heavy (non-hydrogen) atoms. The number of likely N-dealkylation sites (tertiary alicyclic amines) is 1. The predicted octanol–water partition coefficient (Wildman–Crippen LogP) is 5.43. The van der Waals surface area contributed by atoms with Crippen LogP contribution in [0.5, 0.6) is 11.5 Å². The molecule has 0 spiro atoms. The van der Waals surface area contributed by atoms with Gasteiger partial charge in [0.05, 0.1) is 18.2 Å². The number of aliphatic hydroxyl groups is 1. The van der Waals surface area contributed by atoms with Crippen molar-refractivity contribution in [3.8, 4) is 11.5 Å². The van der Waals surface area contributed by atoms with Crippen LogP contribution in [0.1, 0.15) is 42.5 Å². The lowest BCUT2D eigenvalue weighted by Gasteiger charge is -2.26. The van der Waals surface area contributed by atoms with E-state index in [1.807, 2.05) is 79.7 Å². The first-order valence-electron chi connectivity index (χ1n) is 13.3. The fourth-order valence-electron chi connectivity index (χ4n) is 4.48. The molecule has 3 aromatic rings. The third-order valence-electron chi connectivity index (χ3n) is 6.65. The number of carbonyl (C=O) groups is 2.